The van der Waals surface area contributed by atoms with Crippen LogP contribution < -0.4 is 22.7 Å². The molecule has 0 bridgehead atoms. The minimum atomic E-state index is 0. The molecule has 0 fully saturated rings. The lowest BCUT2D eigenvalue weighted by Gasteiger charge is -1.61. The summed E-state index contributed by atoms with van der Waals surface area (Å²) in [6.07, 6.45) is 0. The molecule has 7 heavy (non-hydrogen) atoms. The molecule has 0 radical (unpaired) electrons. The van der Waals surface area contributed by atoms with Crippen molar-refractivity contribution in [2.24, 2.45) is 0 Å². The van der Waals surface area contributed by atoms with E-state index in [9.17, 15) is 0 Å². The molecule has 0 spiro atoms. The van der Waals surface area contributed by atoms with Crippen molar-refractivity contribution in [3.8, 4) is 0 Å². The predicted octanol–water partition coefficient (Wildman–Crippen LogP) is -2.37. The van der Waals surface area contributed by atoms with Crippen LogP contribution in [0.2, 0.25) is 0 Å². The molecule has 1 nitrogen and oxygen atoms in total. The van der Waals surface area contributed by atoms with Crippen molar-refractivity contribution in [2.45, 2.75) is 0 Å². The summed E-state index contributed by atoms with van der Waals surface area (Å²) in [6.45, 7) is 0. The van der Waals surface area contributed by atoms with Crippen molar-refractivity contribution in [3.05, 3.63) is 17.5 Å². The second kappa shape index (κ2) is 3.18. The van der Waals surface area contributed by atoms with Gasteiger partial charge in [-0.25, -0.2) is 0 Å². The van der Waals surface area contributed by atoms with Gasteiger partial charge in [0.25, 0.3) is 0 Å². The summed E-state index contributed by atoms with van der Waals surface area (Å²) < 4.78 is 0. The molecule has 40 valence electrons. The first kappa shape index (κ1) is 7.14. The van der Waals surface area contributed by atoms with Crippen molar-refractivity contribution >= 4 is 16.3 Å². The van der Waals surface area contributed by atoms with Crippen LogP contribution in [0, 0.1) is 0 Å². The van der Waals surface area contributed by atoms with Gasteiger partial charge in [0.1, 0.15) is 0 Å². The van der Waals surface area contributed by atoms with Crippen LogP contribution in [0.25, 0.3) is 0 Å². The fourth-order valence-electron chi connectivity index (χ4n) is 0.313. The SMILES string of the molecule is [Br-].[NH3+]c1cccs1. The van der Waals surface area contributed by atoms with Gasteiger partial charge >= 0.3 is 0 Å². The minimum absolute atomic E-state index is 0. The second-order valence-electron chi connectivity index (χ2n) is 1.08. The maximum atomic E-state index is 3.70. The monoisotopic (exact) mass is 179 g/mol. The smallest absolute Gasteiger partial charge is 0.183 e. The molecule has 0 aliphatic carbocycles. The lowest BCUT2D eigenvalue weighted by molar-refractivity contribution is -0.248. The van der Waals surface area contributed by atoms with Crippen molar-refractivity contribution in [1.29, 1.82) is 0 Å². The van der Waals surface area contributed by atoms with Crippen LogP contribution in [-0.4, -0.2) is 0 Å². The number of halogens is 1. The Morgan fingerprint density at radius 1 is 1.57 bits per heavy atom. The third-order valence-electron chi connectivity index (χ3n) is 0.580. The number of hydrogen-bond acceptors (Lipinski definition) is 1. The third-order valence-corrected chi connectivity index (χ3v) is 1.31. The van der Waals surface area contributed by atoms with E-state index in [1.807, 2.05) is 17.5 Å². The van der Waals surface area contributed by atoms with Gasteiger partial charge in [0.15, 0.2) is 5.00 Å². The van der Waals surface area contributed by atoms with Gasteiger partial charge in [0, 0.05) is 6.07 Å². The van der Waals surface area contributed by atoms with Crippen molar-refractivity contribution in [2.75, 3.05) is 0 Å². The standard InChI is InChI=1S/C4H5NS.BrH/c5-4-2-1-3-6-4;/h1-3H,5H2;1H. The Hall–Kier alpha value is 0.140. The average Bonchev–Trinajstić information content (AvgIpc) is 1.86. The summed E-state index contributed by atoms with van der Waals surface area (Å²) in [5.41, 5.74) is 3.70. The highest BCUT2D eigenvalue weighted by atomic mass is 79.9. The number of rotatable bonds is 0. The zero-order valence-corrected chi connectivity index (χ0v) is 6.13. The first-order valence-corrected chi connectivity index (χ1v) is 2.63. The summed E-state index contributed by atoms with van der Waals surface area (Å²) in [5, 5.41) is 3.15. The van der Waals surface area contributed by atoms with Crippen LogP contribution in [-0.2, 0) is 0 Å². The lowest BCUT2D eigenvalue weighted by Crippen LogP contribution is -3.00. The van der Waals surface area contributed by atoms with Crippen LogP contribution in [0.15, 0.2) is 17.5 Å². The van der Waals surface area contributed by atoms with E-state index >= 15 is 0 Å². The molecule has 0 saturated heterocycles. The first-order chi connectivity index (χ1) is 2.89. The fourth-order valence-corrected chi connectivity index (χ4v) is 0.802. The van der Waals surface area contributed by atoms with Crippen molar-refractivity contribution < 1.29 is 22.7 Å². The molecule has 3 heteroatoms. The van der Waals surface area contributed by atoms with Gasteiger partial charge in [-0.05, 0) is 11.4 Å². The van der Waals surface area contributed by atoms with E-state index in [4.69, 9.17) is 0 Å². The highest BCUT2D eigenvalue weighted by Crippen LogP contribution is 2.05. The van der Waals surface area contributed by atoms with Gasteiger partial charge in [-0.3, -0.25) is 0 Å². The van der Waals surface area contributed by atoms with Crippen molar-refractivity contribution in [1.82, 2.24) is 0 Å². The lowest BCUT2D eigenvalue weighted by atomic mass is 10.6. The highest BCUT2D eigenvalue weighted by Gasteiger charge is 1.80. The highest BCUT2D eigenvalue weighted by molar-refractivity contribution is 7.13. The Bertz CT molecular complexity index is 115. The minimum Gasteiger partial charge on any atom is -1.00 e. The Morgan fingerprint density at radius 3 is 2.43 bits per heavy atom. The van der Waals surface area contributed by atoms with Crippen molar-refractivity contribution in [3.63, 3.8) is 0 Å². The zero-order chi connectivity index (χ0) is 4.41. The van der Waals surface area contributed by atoms with Crippen LogP contribution in [0.3, 0.4) is 0 Å². The summed E-state index contributed by atoms with van der Waals surface area (Å²) in [7, 11) is 0. The van der Waals surface area contributed by atoms with Gasteiger partial charge in [-0.2, -0.15) is 0 Å². The molecule has 0 aromatic carbocycles. The topological polar surface area (TPSA) is 27.6 Å². The van der Waals surface area contributed by atoms with Gasteiger partial charge < -0.3 is 22.7 Å². The number of quaternary nitrogens is 1. The molecule has 1 rings (SSSR count). The molecule has 1 aromatic rings. The molecular formula is C4H6BrNS. The van der Waals surface area contributed by atoms with Crippen LogP contribution in [0.4, 0.5) is 5.00 Å². The molecular weight excluding hydrogens is 174 g/mol. The normalized spacial score (nSPS) is 7.57. The summed E-state index contributed by atoms with van der Waals surface area (Å²) >= 11 is 1.67. The molecule has 3 N–H and O–H groups in total. The van der Waals surface area contributed by atoms with Crippen LogP contribution in [0.5, 0.6) is 0 Å². The molecule has 0 unspecified atom stereocenters. The Labute approximate surface area is 56.9 Å². The maximum Gasteiger partial charge on any atom is 0.183 e. The van der Waals surface area contributed by atoms with Gasteiger partial charge in [-0.1, -0.05) is 11.3 Å². The van der Waals surface area contributed by atoms with Gasteiger partial charge in [0.2, 0.25) is 0 Å². The molecule has 0 aliphatic rings. The van der Waals surface area contributed by atoms with E-state index in [0.29, 0.717) is 0 Å². The third kappa shape index (κ3) is 2.06. The largest absolute Gasteiger partial charge is 1.00 e. The van der Waals surface area contributed by atoms with E-state index in [-0.39, 0.29) is 17.0 Å². The first-order valence-electron chi connectivity index (χ1n) is 1.75. The maximum absolute atomic E-state index is 3.70. The number of hydrogen-bond donors (Lipinski definition) is 1. The van der Waals surface area contributed by atoms with Gasteiger partial charge in [-0.15, -0.1) is 0 Å². The Morgan fingerprint density at radius 2 is 2.29 bits per heavy atom. The average molecular weight is 180 g/mol. The van der Waals surface area contributed by atoms with E-state index < -0.39 is 0 Å². The number of thiophene rings is 1. The zero-order valence-electron chi connectivity index (χ0n) is 3.73. The molecule has 0 saturated carbocycles. The second-order valence-corrected chi connectivity index (χ2v) is 2.11. The van der Waals surface area contributed by atoms with Crippen LogP contribution >= 0.6 is 11.3 Å². The van der Waals surface area contributed by atoms with Crippen LogP contribution in [0.1, 0.15) is 0 Å². The molecule has 1 aromatic heterocycles. The summed E-state index contributed by atoms with van der Waals surface area (Å²) in [4.78, 5) is 0. The predicted molar refractivity (Wildman–Crippen MR) is 26.9 cm³/mol. The summed E-state index contributed by atoms with van der Waals surface area (Å²) in [5.74, 6) is 0. The van der Waals surface area contributed by atoms with E-state index in [1.165, 1.54) is 0 Å². The molecule has 0 atom stereocenters. The summed E-state index contributed by atoms with van der Waals surface area (Å²) in [6, 6.07) is 3.98. The van der Waals surface area contributed by atoms with Gasteiger partial charge in [0.05, 0.1) is 0 Å². The quantitative estimate of drug-likeness (QED) is 0.462. The van der Waals surface area contributed by atoms with E-state index in [1.54, 1.807) is 11.3 Å². The Balaban J connectivity index is 0.000000360. The molecule has 1 heterocycles. The fraction of sp³-hybridized carbons (Fsp3) is 0. The molecule has 0 aliphatic heterocycles. The molecule has 0 amide bonds. The van der Waals surface area contributed by atoms with E-state index in [2.05, 4.69) is 5.73 Å². The Kier molecular flexibility index (Phi) is 3.25. The van der Waals surface area contributed by atoms with E-state index in [0.717, 1.165) is 5.00 Å².